The number of nitrogens with zero attached hydrogens (tertiary/aromatic N) is 3. The molecule has 1 atom stereocenters. The minimum Gasteiger partial charge on any atom is -0.438 e. The molecule has 1 aliphatic heterocycles. The normalized spacial score (nSPS) is 19.6. The zero-order valence-corrected chi connectivity index (χ0v) is 16.2. The van der Waals surface area contributed by atoms with E-state index in [1.165, 1.54) is 6.07 Å². The van der Waals surface area contributed by atoms with Gasteiger partial charge in [-0.05, 0) is 49.4 Å². The molecule has 0 radical (unpaired) electrons. The van der Waals surface area contributed by atoms with Crippen molar-refractivity contribution in [1.82, 2.24) is 15.2 Å². The van der Waals surface area contributed by atoms with Crippen LogP contribution in [0.4, 0.5) is 26.3 Å². The smallest absolute Gasteiger partial charge is 0.426 e. The van der Waals surface area contributed by atoms with Gasteiger partial charge < -0.3 is 14.3 Å². The molecule has 0 amide bonds. The van der Waals surface area contributed by atoms with Crippen molar-refractivity contribution in [3.05, 3.63) is 53.4 Å². The molecule has 0 saturated heterocycles. The molecule has 0 aliphatic carbocycles. The van der Waals surface area contributed by atoms with Gasteiger partial charge in [-0.3, -0.25) is 0 Å². The van der Waals surface area contributed by atoms with Gasteiger partial charge in [0.15, 0.2) is 0 Å². The molecule has 3 aromatic rings. The van der Waals surface area contributed by atoms with Crippen molar-refractivity contribution in [3.8, 4) is 23.2 Å². The van der Waals surface area contributed by atoms with Crippen LogP contribution in [-0.2, 0) is 18.2 Å². The van der Waals surface area contributed by atoms with Crippen LogP contribution < -0.4 is 4.74 Å². The molecule has 1 aromatic carbocycles. The number of halogens is 6. The van der Waals surface area contributed by atoms with E-state index >= 15 is 0 Å². The number of para-hydroxylation sites is 1. The minimum absolute atomic E-state index is 0.0806. The van der Waals surface area contributed by atoms with Crippen molar-refractivity contribution >= 4 is 0 Å². The van der Waals surface area contributed by atoms with Crippen LogP contribution in [0.5, 0.6) is 11.6 Å². The molecule has 170 valence electrons. The van der Waals surface area contributed by atoms with E-state index in [4.69, 9.17) is 9.15 Å². The first kappa shape index (κ1) is 22.1. The lowest BCUT2D eigenvalue weighted by Crippen LogP contribution is -2.42. The standard InChI is InChI=1S/C20H15F6N3O3/c21-19(22,23)12-8-9-13-16-28-29-17(32-16)18(30,20(24,25)26)10-4-3-6-11-5-1-2-7-14(11)31-15(12)27-13/h1-2,5,7-9,30H,3-4,6,10H2. The van der Waals surface area contributed by atoms with E-state index in [1.807, 2.05) is 0 Å². The molecule has 1 unspecified atom stereocenters. The highest BCUT2D eigenvalue weighted by molar-refractivity contribution is 5.51. The Morgan fingerprint density at radius 3 is 2.41 bits per heavy atom. The maximum absolute atomic E-state index is 13.7. The molecule has 1 aliphatic rings. The molecule has 1 N–H and O–H groups in total. The summed E-state index contributed by atoms with van der Waals surface area (Å²) in [6.45, 7) is 0. The molecule has 6 nitrogen and oxygen atoms in total. The van der Waals surface area contributed by atoms with E-state index in [1.54, 1.807) is 18.2 Å². The maximum atomic E-state index is 13.7. The average Bonchev–Trinajstić information content (AvgIpc) is 3.20. The number of benzene rings is 1. The summed E-state index contributed by atoms with van der Waals surface area (Å²) in [5.41, 5.74) is -4.46. The van der Waals surface area contributed by atoms with Gasteiger partial charge in [0.2, 0.25) is 11.5 Å². The Kier molecular flexibility index (Phi) is 5.35. The molecule has 4 rings (SSSR count). The second-order valence-corrected chi connectivity index (χ2v) is 7.23. The Hall–Kier alpha value is -3.15. The molecular formula is C20H15F6N3O3. The van der Waals surface area contributed by atoms with Crippen LogP contribution in [0.25, 0.3) is 11.6 Å². The van der Waals surface area contributed by atoms with Gasteiger partial charge in [-0.2, -0.15) is 26.3 Å². The van der Waals surface area contributed by atoms with Crippen LogP contribution in [0.15, 0.2) is 40.8 Å². The van der Waals surface area contributed by atoms with E-state index in [0.717, 1.165) is 6.07 Å². The first-order chi connectivity index (χ1) is 15.0. The van der Waals surface area contributed by atoms with Crippen molar-refractivity contribution in [2.24, 2.45) is 0 Å². The number of aliphatic hydroxyl groups is 1. The number of pyridine rings is 1. The van der Waals surface area contributed by atoms with Crippen molar-refractivity contribution < 1.29 is 40.6 Å². The lowest BCUT2D eigenvalue weighted by Gasteiger charge is -2.27. The van der Waals surface area contributed by atoms with E-state index in [-0.39, 0.29) is 30.7 Å². The second kappa shape index (κ2) is 7.76. The zero-order valence-electron chi connectivity index (χ0n) is 16.2. The van der Waals surface area contributed by atoms with Crippen LogP contribution in [0, 0.1) is 0 Å². The maximum Gasteiger partial charge on any atom is 0.426 e. The first-order valence-corrected chi connectivity index (χ1v) is 9.46. The van der Waals surface area contributed by atoms with E-state index in [0.29, 0.717) is 11.6 Å². The predicted molar refractivity (Wildman–Crippen MR) is 96.6 cm³/mol. The van der Waals surface area contributed by atoms with Crippen molar-refractivity contribution in [2.45, 2.75) is 43.6 Å². The molecule has 12 heteroatoms. The average molecular weight is 459 g/mol. The van der Waals surface area contributed by atoms with Crippen LogP contribution in [0.1, 0.15) is 36.3 Å². The monoisotopic (exact) mass is 459 g/mol. The molecule has 0 saturated carbocycles. The Bertz CT molecular complexity index is 1130. The number of ether oxygens (including phenoxy) is 1. The number of hydrogen-bond donors (Lipinski definition) is 1. The Labute approximate surface area is 176 Å². The number of aromatic nitrogens is 3. The van der Waals surface area contributed by atoms with Gasteiger partial charge in [0.05, 0.1) is 0 Å². The zero-order chi connectivity index (χ0) is 23.1. The summed E-state index contributed by atoms with van der Waals surface area (Å²) in [4.78, 5) is 3.78. The number of hydrogen-bond acceptors (Lipinski definition) is 6. The van der Waals surface area contributed by atoms with E-state index in [9.17, 15) is 31.4 Å². The highest BCUT2D eigenvalue weighted by atomic mass is 19.4. The molecular weight excluding hydrogens is 444 g/mol. The predicted octanol–water partition coefficient (Wildman–Crippen LogP) is 5.42. The lowest BCUT2D eigenvalue weighted by molar-refractivity contribution is -0.277. The number of fused-ring (bicyclic) bond motifs is 6. The van der Waals surface area contributed by atoms with Gasteiger partial charge >= 0.3 is 12.4 Å². The molecule has 32 heavy (non-hydrogen) atoms. The van der Waals surface area contributed by atoms with Crippen molar-refractivity contribution in [2.75, 3.05) is 0 Å². The van der Waals surface area contributed by atoms with Gasteiger partial charge in [0.1, 0.15) is 17.0 Å². The van der Waals surface area contributed by atoms with Crippen LogP contribution >= 0.6 is 0 Å². The third-order valence-corrected chi connectivity index (χ3v) is 5.05. The molecule has 2 aromatic heterocycles. The van der Waals surface area contributed by atoms with Crippen LogP contribution in [-0.4, -0.2) is 26.5 Å². The highest BCUT2D eigenvalue weighted by Crippen LogP contribution is 2.44. The Morgan fingerprint density at radius 1 is 0.938 bits per heavy atom. The van der Waals surface area contributed by atoms with E-state index < -0.39 is 47.6 Å². The fourth-order valence-corrected chi connectivity index (χ4v) is 3.33. The largest absolute Gasteiger partial charge is 0.438 e. The molecule has 3 heterocycles. The summed E-state index contributed by atoms with van der Waals surface area (Å²) in [7, 11) is 0. The summed E-state index contributed by atoms with van der Waals surface area (Å²) in [6.07, 6.45) is -10.4. The summed E-state index contributed by atoms with van der Waals surface area (Å²) in [6, 6.07) is 7.74. The third kappa shape index (κ3) is 4.01. The second-order valence-electron chi connectivity index (χ2n) is 7.23. The van der Waals surface area contributed by atoms with Crippen molar-refractivity contribution in [1.29, 1.82) is 0 Å². The summed E-state index contributed by atoms with van der Waals surface area (Å²) in [5, 5.41) is 17.1. The van der Waals surface area contributed by atoms with Crippen LogP contribution in [0.2, 0.25) is 0 Å². The van der Waals surface area contributed by atoms with Gasteiger partial charge in [0, 0.05) is 0 Å². The van der Waals surface area contributed by atoms with Gasteiger partial charge in [-0.25, -0.2) is 4.98 Å². The van der Waals surface area contributed by atoms with Gasteiger partial charge in [-0.1, -0.05) is 18.2 Å². The highest BCUT2D eigenvalue weighted by Gasteiger charge is 2.58. The fraction of sp³-hybridized carbons (Fsp3) is 0.350. The number of rotatable bonds is 0. The minimum atomic E-state index is -5.12. The Balaban J connectivity index is 1.89. The lowest BCUT2D eigenvalue weighted by atomic mass is 9.94. The SMILES string of the molecule is OC1(C(F)(F)F)CCCCc2ccccc2Oc2nc(ccc2C(F)(F)F)-c2nnc1o2. The molecule has 0 fully saturated rings. The fourth-order valence-electron chi connectivity index (χ4n) is 3.33. The van der Waals surface area contributed by atoms with Crippen molar-refractivity contribution in [3.63, 3.8) is 0 Å². The molecule has 0 spiro atoms. The topological polar surface area (TPSA) is 81.3 Å². The molecule has 4 bridgehead atoms. The third-order valence-electron chi connectivity index (χ3n) is 5.05. The van der Waals surface area contributed by atoms with Gasteiger partial charge in [-0.15, -0.1) is 10.2 Å². The summed E-state index contributed by atoms with van der Waals surface area (Å²) < 4.78 is 92.0. The Morgan fingerprint density at radius 2 is 1.69 bits per heavy atom. The van der Waals surface area contributed by atoms with Gasteiger partial charge in [0.25, 0.3) is 11.8 Å². The quantitative estimate of drug-likeness (QED) is 0.453. The first-order valence-electron chi connectivity index (χ1n) is 9.46. The summed E-state index contributed by atoms with van der Waals surface area (Å²) >= 11 is 0. The van der Waals surface area contributed by atoms with Crippen LogP contribution in [0.3, 0.4) is 0 Å². The number of alkyl halides is 6. The summed E-state index contributed by atoms with van der Waals surface area (Å²) in [5.74, 6) is -2.43. The van der Waals surface area contributed by atoms with E-state index in [2.05, 4.69) is 15.2 Å². The number of aryl methyl sites for hydroxylation is 1.